The van der Waals surface area contributed by atoms with Crippen molar-refractivity contribution in [1.29, 1.82) is 5.26 Å². The molecule has 130 valence electrons. The van der Waals surface area contributed by atoms with Crippen molar-refractivity contribution < 1.29 is 0 Å². The molecule has 4 aromatic rings. The van der Waals surface area contributed by atoms with Gasteiger partial charge in [0.05, 0.1) is 12.2 Å². The summed E-state index contributed by atoms with van der Waals surface area (Å²) in [5.41, 5.74) is 10.9. The summed E-state index contributed by atoms with van der Waals surface area (Å²) in [6, 6.07) is 17.7. The molecule has 0 unspecified atom stereocenters. The SMILES string of the molecule is N#Cc1c(-c2ccccc2Cn2cccn2)cc(-c2ccncc2)nc1N. The van der Waals surface area contributed by atoms with Gasteiger partial charge in [-0.15, -0.1) is 0 Å². The van der Waals surface area contributed by atoms with Gasteiger partial charge in [0.15, 0.2) is 0 Å². The van der Waals surface area contributed by atoms with Crippen molar-refractivity contribution in [3.63, 3.8) is 0 Å². The first-order valence-electron chi connectivity index (χ1n) is 8.43. The molecule has 6 heteroatoms. The average Bonchev–Trinajstić information content (AvgIpc) is 3.21. The van der Waals surface area contributed by atoms with Crippen LogP contribution in [0.1, 0.15) is 11.1 Å². The number of nitriles is 1. The summed E-state index contributed by atoms with van der Waals surface area (Å²) in [4.78, 5) is 8.46. The number of nitrogens with two attached hydrogens (primary N) is 1. The smallest absolute Gasteiger partial charge is 0.142 e. The fourth-order valence-corrected chi connectivity index (χ4v) is 3.05. The molecule has 0 saturated carbocycles. The van der Waals surface area contributed by atoms with Crippen molar-refractivity contribution in [3.8, 4) is 28.5 Å². The Morgan fingerprint density at radius 1 is 1.00 bits per heavy atom. The first kappa shape index (κ1) is 16.5. The van der Waals surface area contributed by atoms with E-state index in [9.17, 15) is 5.26 Å². The quantitative estimate of drug-likeness (QED) is 0.606. The maximum Gasteiger partial charge on any atom is 0.142 e. The molecule has 4 rings (SSSR count). The summed E-state index contributed by atoms with van der Waals surface area (Å²) in [5.74, 6) is 0.218. The lowest BCUT2D eigenvalue weighted by atomic mass is 9.94. The van der Waals surface area contributed by atoms with Crippen molar-refractivity contribution >= 4 is 5.82 Å². The third-order valence-electron chi connectivity index (χ3n) is 4.33. The van der Waals surface area contributed by atoms with Crippen LogP contribution in [0, 0.1) is 11.3 Å². The summed E-state index contributed by atoms with van der Waals surface area (Å²) in [5, 5.41) is 14.0. The van der Waals surface area contributed by atoms with Gasteiger partial charge in [-0.1, -0.05) is 24.3 Å². The highest BCUT2D eigenvalue weighted by Gasteiger charge is 2.16. The molecule has 3 heterocycles. The first-order valence-corrected chi connectivity index (χ1v) is 8.43. The molecule has 2 N–H and O–H groups in total. The lowest BCUT2D eigenvalue weighted by molar-refractivity contribution is 0.688. The van der Waals surface area contributed by atoms with E-state index in [0.717, 1.165) is 22.3 Å². The molecule has 6 nitrogen and oxygen atoms in total. The lowest BCUT2D eigenvalue weighted by Crippen LogP contribution is -2.04. The van der Waals surface area contributed by atoms with E-state index >= 15 is 0 Å². The Kier molecular flexibility index (Phi) is 4.33. The van der Waals surface area contributed by atoms with Crippen molar-refractivity contribution in [2.24, 2.45) is 0 Å². The van der Waals surface area contributed by atoms with E-state index in [1.54, 1.807) is 18.6 Å². The van der Waals surface area contributed by atoms with Gasteiger partial charge in [-0.25, -0.2) is 4.98 Å². The van der Waals surface area contributed by atoms with Crippen LogP contribution < -0.4 is 5.73 Å². The Hall–Kier alpha value is -3.98. The summed E-state index contributed by atoms with van der Waals surface area (Å²) in [6.07, 6.45) is 7.06. The van der Waals surface area contributed by atoms with E-state index in [1.807, 2.05) is 59.4 Å². The van der Waals surface area contributed by atoms with Gasteiger partial charge in [0, 0.05) is 35.9 Å². The molecule has 1 aromatic carbocycles. The van der Waals surface area contributed by atoms with Crippen LogP contribution in [0.2, 0.25) is 0 Å². The summed E-state index contributed by atoms with van der Waals surface area (Å²) >= 11 is 0. The molecule has 3 aromatic heterocycles. The van der Waals surface area contributed by atoms with Crippen LogP contribution in [0.25, 0.3) is 22.4 Å². The molecule has 0 amide bonds. The van der Waals surface area contributed by atoms with Crippen LogP contribution in [0.15, 0.2) is 73.3 Å². The van der Waals surface area contributed by atoms with Crippen molar-refractivity contribution in [3.05, 3.63) is 84.4 Å². The largest absolute Gasteiger partial charge is 0.383 e. The Bertz CT molecular complexity index is 1110. The van der Waals surface area contributed by atoms with E-state index in [4.69, 9.17) is 5.73 Å². The Morgan fingerprint density at radius 3 is 2.56 bits per heavy atom. The van der Waals surface area contributed by atoms with E-state index in [2.05, 4.69) is 21.1 Å². The summed E-state index contributed by atoms with van der Waals surface area (Å²) < 4.78 is 1.85. The van der Waals surface area contributed by atoms with Gasteiger partial charge in [-0.3, -0.25) is 9.67 Å². The van der Waals surface area contributed by atoms with Gasteiger partial charge in [-0.2, -0.15) is 10.4 Å². The highest BCUT2D eigenvalue weighted by molar-refractivity contribution is 5.81. The number of aromatic nitrogens is 4. The molecule has 0 radical (unpaired) electrons. The van der Waals surface area contributed by atoms with Gasteiger partial charge in [0.1, 0.15) is 17.5 Å². The molecule has 0 spiro atoms. The Labute approximate surface area is 156 Å². The molecule has 27 heavy (non-hydrogen) atoms. The third-order valence-corrected chi connectivity index (χ3v) is 4.33. The maximum atomic E-state index is 9.67. The van der Waals surface area contributed by atoms with Gasteiger partial charge in [-0.05, 0) is 35.4 Å². The molecule has 0 atom stereocenters. The standard InChI is InChI=1S/C21H16N6/c22-13-19-18(12-20(26-21(19)23)15-6-9-24-10-7-15)17-5-2-1-4-16(17)14-27-11-3-8-25-27/h1-12H,14H2,(H2,23,26). The monoisotopic (exact) mass is 352 g/mol. The van der Waals surface area contributed by atoms with Crippen molar-refractivity contribution in [2.75, 3.05) is 5.73 Å². The maximum absolute atomic E-state index is 9.67. The highest BCUT2D eigenvalue weighted by atomic mass is 15.3. The number of pyridine rings is 2. The lowest BCUT2D eigenvalue weighted by Gasteiger charge is -2.14. The van der Waals surface area contributed by atoms with Crippen LogP contribution in [0.3, 0.4) is 0 Å². The number of hydrogen-bond acceptors (Lipinski definition) is 5. The van der Waals surface area contributed by atoms with Crippen LogP contribution in [0.5, 0.6) is 0 Å². The van der Waals surface area contributed by atoms with Crippen LogP contribution in [-0.4, -0.2) is 19.7 Å². The molecule has 0 saturated heterocycles. The zero-order chi connectivity index (χ0) is 18.6. The predicted octanol–water partition coefficient (Wildman–Crippen LogP) is 3.51. The van der Waals surface area contributed by atoms with Gasteiger partial charge < -0.3 is 5.73 Å². The van der Waals surface area contributed by atoms with Gasteiger partial charge >= 0.3 is 0 Å². The average molecular weight is 352 g/mol. The second-order valence-electron chi connectivity index (χ2n) is 6.02. The Morgan fingerprint density at radius 2 is 1.81 bits per heavy atom. The minimum absolute atomic E-state index is 0.218. The molecular weight excluding hydrogens is 336 g/mol. The number of anilines is 1. The van der Waals surface area contributed by atoms with Crippen LogP contribution in [-0.2, 0) is 6.54 Å². The number of rotatable bonds is 4. The molecule has 0 aliphatic heterocycles. The predicted molar refractivity (Wildman–Crippen MR) is 103 cm³/mol. The minimum Gasteiger partial charge on any atom is -0.383 e. The van der Waals surface area contributed by atoms with Crippen molar-refractivity contribution in [2.45, 2.75) is 6.54 Å². The molecule has 0 aliphatic rings. The second kappa shape index (κ2) is 7.10. The fraction of sp³-hybridized carbons (Fsp3) is 0.0476. The Balaban J connectivity index is 1.89. The van der Waals surface area contributed by atoms with Crippen LogP contribution in [0.4, 0.5) is 5.82 Å². The second-order valence-corrected chi connectivity index (χ2v) is 6.02. The van der Waals surface area contributed by atoms with E-state index < -0.39 is 0 Å². The van der Waals surface area contributed by atoms with E-state index in [1.165, 1.54) is 0 Å². The molecule has 0 aliphatic carbocycles. The zero-order valence-electron chi connectivity index (χ0n) is 14.4. The normalized spacial score (nSPS) is 10.5. The highest BCUT2D eigenvalue weighted by Crippen LogP contribution is 2.33. The number of benzene rings is 1. The fourth-order valence-electron chi connectivity index (χ4n) is 3.05. The van der Waals surface area contributed by atoms with Gasteiger partial charge in [0.25, 0.3) is 0 Å². The first-order chi connectivity index (χ1) is 13.3. The molecule has 0 bridgehead atoms. The summed E-state index contributed by atoms with van der Waals surface area (Å²) in [7, 11) is 0. The number of nitrogens with zero attached hydrogens (tertiary/aromatic N) is 5. The summed E-state index contributed by atoms with van der Waals surface area (Å²) in [6.45, 7) is 0.598. The van der Waals surface area contributed by atoms with Crippen LogP contribution >= 0.6 is 0 Å². The zero-order valence-corrected chi connectivity index (χ0v) is 14.4. The third kappa shape index (κ3) is 3.26. The number of nitrogen functional groups attached to an aromatic ring is 1. The van der Waals surface area contributed by atoms with Gasteiger partial charge in [0.2, 0.25) is 0 Å². The van der Waals surface area contributed by atoms with E-state index in [0.29, 0.717) is 17.8 Å². The number of hydrogen-bond donors (Lipinski definition) is 1. The molecule has 0 fully saturated rings. The topological polar surface area (TPSA) is 93.4 Å². The van der Waals surface area contributed by atoms with Crippen molar-refractivity contribution in [1.82, 2.24) is 19.7 Å². The molecular formula is C21H16N6. The van der Waals surface area contributed by atoms with E-state index in [-0.39, 0.29) is 5.82 Å². The minimum atomic E-state index is 0.218.